The highest BCUT2D eigenvalue weighted by molar-refractivity contribution is 6.07. The molecule has 35 heavy (non-hydrogen) atoms. The first-order valence-corrected chi connectivity index (χ1v) is 10.8. The number of halogens is 2. The molecule has 2 amide bonds. The maximum Gasteiger partial charge on any atom is 0.268 e. The van der Waals surface area contributed by atoms with E-state index in [9.17, 15) is 23.2 Å². The third-order valence-corrected chi connectivity index (χ3v) is 5.76. The summed E-state index contributed by atoms with van der Waals surface area (Å²) in [5.74, 6) is -4.45. The molecule has 178 valence electrons. The molecule has 1 unspecified atom stereocenters. The molecule has 10 heteroatoms. The Morgan fingerprint density at radius 1 is 1.31 bits per heavy atom. The van der Waals surface area contributed by atoms with E-state index in [1.165, 1.54) is 18.3 Å². The number of aromatic nitrogens is 2. The summed E-state index contributed by atoms with van der Waals surface area (Å²) in [7, 11) is 0. The summed E-state index contributed by atoms with van der Waals surface area (Å²) in [4.78, 5) is 44.5. The Morgan fingerprint density at radius 3 is 2.86 bits per heavy atom. The van der Waals surface area contributed by atoms with Gasteiger partial charge in [-0.15, -0.1) is 0 Å². The van der Waals surface area contributed by atoms with E-state index in [0.717, 1.165) is 21.6 Å². The number of fused-ring (bicyclic) bond motifs is 1. The van der Waals surface area contributed by atoms with Crippen molar-refractivity contribution in [2.24, 2.45) is 0 Å². The highest BCUT2D eigenvalue weighted by atomic mass is 19.3. The molecule has 4 rings (SSSR count). The maximum absolute atomic E-state index is 13.6. The van der Waals surface area contributed by atoms with Crippen molar-refractivity contribution < 1.29 is 18.4 Å². The highest BCUT2D eigenvalue weighted by Crippen LogP contribution is 2.31. The minimum Gasteiger partial charge on any atom is -0.343 e. The number of H-pyrrole nitrogens is 1. The molecule has 1 fully saturated rings. The van der Waals surface area contributed by atoms with Crippen molar-refractivity contribution >= 4 is 34.4 Å². The van der Waals surface area contributed by atoms with Crippen LogP contribution in [0.15, 0.2) is 53.6 Å². The van der Waals surface area contributed by atoms with Gasteiger partial charge in [-0.3, -0.25) is 19.4 Å². The molecule has 1 atom stereocenters. The van der Waals surface area contributed by atoms with E-state index in [2.05, 4.69) is 15.3 Å². The van der Waals surface area contributed by atoms with Crippen molar-refractivity contribution in [2.75, 3.05) is 13.1 Å². The second kappa shape index (κ2) is 9.46. The SMILES string of the molecule is CC(=Cc1ccc2nccc(C(=O)NCC(=O)N3CC(F)(F)CC3C#N)c2c1)c1cc[nH]c(=O)c1. The number of hydrogen-bond acceptors (Lipinski definition) is 5. The van der Waals surface area contributed by atoms with Crippen LogP contribution in [0.5, 0.6) is 0 Å². The van der Waals surface area contributed by atoms with Crippen LogP contribution in [0.4, 0.5) is 8.78 Å². The van der Waals surface area contributed by atoms with Gasteiger partial charge in [0.15, 0.2) is 0 Å². The summed E-state index contributed by atoms with van der Waals surface area (Å²) < 4.78 is 27.3. The molecule has 3 heterocycles. The molecule has 0 bridgehead atoms. The molecular formula is C25H21F2N5O3. The van der Waals surface area contributed by atoms with Crippen molar-refractivity contribution in [1.29, 1.82) is 5.26 Å². The second-order valence-corrected chi connectivity index (χ2v) is 8.31. The third-order valence-electron chi connectivity index (χ3n) is 5.76. The van der Waals surface area contributed by atoms with E-state index in [-0.39, 0.29) is 11.1 Å². The van der Waals surface area contributed by atoms with Crippen LogP contribution in [0.3, 0.4) is 0 Å². The molecule has 1 aromatic carbocycles. The van der Waals surface area contributed by atoms with Crippen LogP contribution in [-0.2, 0) is 4.79 Å². The summed E-state index contributed by atoms with van der Waals surface area (Å²) in [6.45, 7) is 0.496. The summed E-state index contributed by atoms with van der Waals surface area (Å²) in [6, 6.07) is 10.6. The number of nitriles is 1. The molecular weight excluding hydrogens is 456 g/mol. The van der Waals surface area contributed by atoms with Gasteiger partial charge in [0.2, 0.25) is 11.5 Å². The standard InChI is InChI=1S/C25H21F2N5O3/c1-15(17-4-6-30-22(33)10-17)8-16-2-3-21-20(9-16)19(5-7-29-21)24(35)31-13-23(34)32-14-25(26,27)11-18(32)12-28/h2-10,18H,11,13-14H2,1H3,(H,30,33)(H,31,35). The zero-order valence-corrected chi connectivity index (χ0v) is 18.7. The van der Waals surface area contributed by atoms with E-state index in [1.807, 2.05) is 19.1 Å². The van der Waals surface area contributed by atoms with Gasteiger partial charge in [-0.2, -0.15) is 5.26 Å². The minimum absolute atomic E-state index is 0.217. The molecule has 1 aliphatic heterocycles. The fourth-order valence-corrected chi connectivity index (χ4v) is 4.02. The lowest BCUT2D eigenvalue weighted by Crippen LogP contribution is -2.43. The average molecular weight is 477 g/mol. The Morgan fingerprint density at radius 2 is 2.11 bits per heavy atom. The zero-order chi connectivity index (χ0) is 25.2. The fraction of sp³-hybridized carbons (Fsp3) is 0.240. The van der Waals surface area contributed by atoms with Crippen molar-refractivity contribution in [2.45, 2.75) is 25.3 Å². The number of pyridine rings is 2. The number of likely N-dealkylation sites (tertiary alicyclic amines) is 1. The Labute approximate surface area is 198 Å². The van der Waals surface area contributed by atoms with Crippen molar-refractivity contribution in [3.63, 3.8) is 0 Å². The lowest BCUT2D eigenvalue weighted by Gasteiger charge is -2.19. The summed E-state index contributed by atoms with van der Waals surface area (Å²) in [5.41, 5.74) is 2.95. The van der Waals surface area contributed by atoms with Crippen LogP contribution in [-0.4, -0.2) is 51.7 Å². The Kier molecular flexibility index (Phi) is 6.42. The van der Waals surface area contributed by atoms with E-state index < -0.39 is 43.3 Å². The van der Waals surface area contributed by atoms with Gasteiger partial charge >= 0.3 is 0 Å². The van der Waals surface area contributed by atoms with Gasteiger partial charge in [-0.05, 0) is 47.9 Å². The van der Waals surface area contributed by atoms with Crippen LogP contribution in [0.1, 0.15) is 34.8 Å². The number of carbonyl (C=O) groups excluding carboxylic acids is 2. The van der Waals surface area contributed by atoms with Gasteiger partial charge in [0.25, 0.3) is 11.8 Å². The Bertz CT molecular complexity index is 1440. The molecule has 1 saturated heterocycles. The third kappa shape index (κ3) is 5.24. The van der Waals surface area contributed by atoms with Crippen LogP contribution in [0.25, 0.3) is 22.6 Å². The molecule has 3 aromatic rings. The summed E-state index contributed by atoms with van der Waals surface area (Å²) in [5, 5.41) is 12.1. The normalized spacial score (nSPS) is 17.3. The smallest absolute Gasteiger partial charge is 0.268 e. The van der Waals surface area contributed by atoms with Gasteiger partial charge in [-0.1, -0.05) is 12.1 Å². The van der Waals surface area contributed by atoms with E-state index >= 15 is 0 Å². The number of aromatic amines is 1. The largest absolute Gasteiger partial charge is 0.343 e. The first-order chi connectivity index (χ1) is 16.7. The molecule has 2 aromatic heterocycles. The zero-order valence-electron chi connectivity index (χ0n) is 18.7. The predicted octanol–water partition coefficient (Wildman–Crippen LogP) is 2.97. The number of rotatable bonds is 5. The number of nitrogens with one attached hydrogen (secondary N) is 2. The fourth-order valence-electron chi connectivity index (χ4n) is 4.02. The van der Waals surface area contributed by atoms with Crippen LogP contribution in [0.2, 0.25) is 0 Å². The Hall–Kier alpha value is -4.39. The first kappa shape index (κ1) is 23.8. The molecule has 8 nitrogen and oxygen atoms in total. The number of nitrogens with zero attached hydrogens (tertiary/aromatic N) is 3. The second-order valence-electron chi connectivity index (χ2n) is 8.31. The Balaban J connectivity index is 1.55. The molecule has 0 spiro atoms. The highest BCUT2D eigenvalue weighted by Gasteiger charge is 2.47. The number of alkyl halides is 2. The number of benzene rings is 1. The van der Waals surface area contributed by atoms with Gasteiger partial charge < -0.3 is 15.2 Å². The van der Waals surface area contributed by atoms with Gasteiger partial charge in [-0.25, -0.2) is 8.78 Å². The van der Waals surface area contributed by atoms with Gasteiger partial charge in [0, 0.05) is 30.3 Å². The van der Waals surface area contributed by atoms with Gasteiger partial charge in [0.1, 0.15) is 6.04 Å². The van der Waals surface area contributed by atoms with Crippen LogP contribution in [0, 0.1) is 11.3 Å². The number of carbonyl (C=O) groups is 2. The lowest BCUT2D eigenvalue weighted by molar-refractivity contribution is -0.131. The number of amides is 2. The number of allylic oxidation sites excluding steroid dienone is 1. The van der Waals surface area contributed by atoms with Crippen molar-refractivity contribution in [3.05, 3.63) is 75.8 Å². The average Bonchev–Trinajstić information content (AvgIpc) is 3.16. The molecule has 2 N–H and O–H groups in total. The quantitative estimate of drug-likeness (QED) is 0.586. The van der Waals surface area contributed by atoms with Crippen molar-refractivity contribution in [3.8, 4) is 6.07 Å². The van der Waals surface area contributed by atoms with Crippen LogP contribution < -0.4 is 10.9 Å². The van der Waals surface area contributed by atoms with E-state index in [0.29, 0.717) is 10.9 Å². The van der Waals surface area contributed by atoms with Crippen molar-refractivity contribution in [1.82, 2.24) is 20.2 Å². The lowest BCUT2D eigenvalue weighted by atomic mass is 10.0. The maximum atomic E-state index is 13.6. The topological polar surface area (TPSA) is 119 Å². The minimum atomic E-state index is -3.13. The molecule has 0 saturated carbocycles. The molecule has 1 aliphatic rings. The monoisotopic (exact) mass is 477 g/mol. The first-order valence-electron chi connectivity index (χ1n) is 10.8. The number of hydrogen-bond donors (Lipinski definition) is 2. The predicted molar refractivity (Wildman–Crippen MR) is 125 cm³/mol. The molecule has 0 radical (unpaired) electrons. The van der Waals surface area contributed by atoms with Crippen LogP contribution >= 0.6 is 0 Å². The van der Waals surface area contributed by atoms with Gasteiger partial charge in [0.05, 0.1) is 30.2 Å². The summed E-state index contributed by atoms with van der Waals surface area (Å²) >= 11 is 0. The molecule has 0 aliphatic carbocycles. The van der Waals surface area contributed by atoms with E-state index in [1.54, 1.807) is 30.5 Å². The van der Waals surface area contributed by atoms with E-state index in [4.69, 9.17) is 5.26 Å². The summed E-state index contributed by atoms with van der Waals surface area (Å²) in [6.07, 6.45) is 4.17.